The van der Waals surface area contributed by atoms with Crippen LogP contribution in [0, 0.1) is 6.92 Å². The summed E-state index contributed by atoms with van der Waals surface area (Å²) in [5.74, 6) is 0. The molecule has 0 spiro atoms. The molecule has 0 atom stereocenters. The molecular formula is C12H18N2. The van der Waals surface area contributed by atoms with Crippen LogP contribution in [0.1, 0.15) is 24.5 Å². The quantitative estimate of drug-likeness (QED) is 0.570. The summed E-state index contributed by atoms with van der Waals surface area (Å²) in [4.78, 5) is 4.06. The fraction of sp³-hybridized carbons (Fsp3) is 0.417. The van der Waals surface area contributed by atoms with Crippen molar-refractivity contribution in [3.05, 3.63) is 41.7 Å². The molecule has 0 fully saturated rings. The van der Waals surface area contributed by atoms with E-state index in [0.29, 0.717) is 0 Å². The molecule has 0 amide bonds. The van der Waals surface area contributed by atoms with Crippen molar-refractivity contribution in [3.63, 3.8) is 0 Å². The molecule has 1 heterocycles. The van der Waals surface area contributed by atoms with Gasteiger partial charge in [-0.25, -0.2) is 0 Å². The van der Waals surface area contributed by atoms with Crippen LogP contribution in [-0.4, -0.2) is 11.5 Å². The summed E-state index contributed by atoms with van der Waals surface area (Å²) in [5.41, 5.74) is 3.79. The molecule has 0 unspecified atom stereocenters. The maximum Gasteiger partial charge on any atom is 0.0300 e. The van der Waals surface area contributed by atoms with Crippen molar-refractivity contribution in [1.82, 2.24) is 10.3 Å². The summed E-state index contributed by atoms with van der Waals surface area (Å²) in [7, 11) is 0. The number of nitrogens with zero attached hydrogens (tertiary/aromatic N) is 1. The summed E-state index contributed by atoms with van der Waals surface area (Å²) in [6, 6.07) is 2.06. The highest BCUT2D eigenvalue weighted by molar-refractivity contribution is 5.21. The fourth-order valence-electron chi connectivity index (χ4n) is 1.23. The third kappa shape index (κ3) is 3.71. The van der Waals surface area contributed by atoms with E-state index in [1.807, 2.05) is 12.4 Å². The first-order valence-electron chi connectivity index (χ1n) is 4.94. The second-order valence-corrected chi connectivity index (χ2v) is 3.69. The zero-order valence-corrected chi connectivity index (χ0v) is 9.01. The van der Waals surface area contributed by atoms with E-state index in [4.69, 9.17) is 0 Å². The minimum atomic E-state index is 0.918. The molecule has 0 saturated heterocycles. The second kappa shape index (κ2) is 5.55. The molecular weight excluding hydrogens is 172 g/mol. The van der Waals surface area contributed by atoms with Gasteiger partial charge in [-0.05, 0) is 44.0 Å². The lowest BCUT2D eigenvalue weighted by molar-refractivity contribution is 0.682. The monoisotopic (exact) mass is 190 g/mol. The first kappa shape index (κ1) is 10.9. The van der Waals surface area contributed by atoms with E-state index < -0.39 is 0 Å². The normalized spacial score (nSPS) is 10.1. The number of hydrogen-bond acceptors (Lipinski definition) is 2. The number of aromatic nitrogens is 1. The molecule has 0 aromatic carbocycles. The lowest BCUT2D eigenvalue weighted by Crippen LogP contribution is -2.15. The molecule has 1 rings (SSSR count). The van der Waals surface area contributed by atoms with Gasteiger partial charge in [0.1, 0.15) is 0 Å². The van der Waals surface area contributed by atoms with Crippen molar-refractivity contribution in [1.29, 1.82) is 0 Å². The fourth-order valence-corrected chi connectivity index (χ4v) is 1.23. The van der Waals surface area contributed by atoms with E-state index in [1.54, 1.807) is 0 Å². The largest absolute Gasteiger partial charge is 0.312 e. The number of nitrogens with one attached hydrogen (secondary N) is 1. The first-order valence-corrected chi connectivity index (χ1v) is 4.94. The first-order chi connectivity index (χ1) is 6.70. The van der Waals surface area contributed by atoms with Crippen molar-refractivity contribution < 1.29 is 0 Å². The van der Waals surface area contributed by atoms with Gasteiger partial charge in [0.2, 0.25) is 0 Å². The minimum Gasteiger partial charge on any atom is -0.312 e. The van der Waals surface area contributed by atoms with Crippen LogP contribution < -0.4 is 5.32 Å². The van der Waals surface area contributed by atoms with Gasteiger partial charge in [0.05, 0.1) is 0 Å². The Bertz CT molecular complexity index is 305. The molecule has 1 aromatic heterocycles. The zero-order valence-electron chi connectivity index (χ0n) is 9.01. The van der Waals surface area contributed by atoms with Crippen LogP contribution in [0.15, 0.2) is 30.6 Å². The molecule has 0 saturated carbocycles. The van der Waals surface area contributed by atoms with Gasteiger partial charge in [0.15, 0.2) is 0 Å². The van der Waals surface area contributed by atoms with Gasteiger partial charge >= 0.3 is 0 Å². The van der Waals surface area contributed by atoms with Crippen LogP contribution in [0.3, 0.4) is 0 Å². The van der Waals surface area contributed by atoms with Gasteiger partial charge in [-0.2, -0.15) is 0 Å². The predicted molar refractivity (Wildman–Crippen MR) is 60.1 cm³/mol. The Morgan fingerprint density at radius 3 is 3.00 bits per heavy atom. The topological polar surface area (TPSA) is 24.9 Å². The van der Waals surface area contributed by atoms with Crippen LogP contribution in [0.5, 0.6) is 0 Å². The molecule has 1 N–H and O–H groups in total. The molecule has 0 aliphatic heterocycles. The molecule has 2 nitrogen and oxygen atoms in total. The number of pyridine rings is 1. The standard InChI is InChI=1S/C12H18N2/c1-10(2)4-6-14-9-12-5-7-13-8-11(12)3/h5,7-8,14H,1,4,6,9H2,2-3H3. The number of hydrogen-bond donors (Lipinski definition) is 1. The van der Waals surface area contributed by atoms with Crippen LogP contribution >= 0.6 is 0 Å². The van der Waals surface area contributed by atoms with Gasteiger partial charge in [-0.15, -0.1) is 6.58 Å². The number of rotatable bonds is 5. The average Bonchev–Trinajstić information content (AvgIpc) is 2.15. The molecule has 0 aliphatic rings. The van der Waals surface area contributed by atoms with Crippen LogP contribution in [0.2, 0.25) is 0 Å². The Hall–Kier alpha value is -1.15. The van der Waals surface area contributed by atoms with Crippen molar-refractivity contribution in [2.75, 3.05) is 6.54 Å². The Balaban J connectivity index is 2.31. The summed E-state index contributed by atoms with van der Waals surface area (Å²) < 4.78 is 0. The van der Waals surface area contributed by atoms with E-state index in [0.717, 1.165) is 19.5 Å². The van der Waals surface area contributed by atoms with E-state index in [2.05, 4.69) is 36.8 Å². The molecule has 0 aliphatic carbocycles. The smallest absolute Gasteiger partial charge is 0.0300 e. The van der Waals surface area contributed by atoms with Crippen LogP contribution in [-0.2, 0) is 6.54 Å². The molecule has 0 bridgehead atoms. The molecule has 1 aromatic rings. The van der Waals surface area contributed by atoms with E-state index >= 15 is 0 Å². The summed E-state index contributed by atoms with van der Waals surface area (Å²) in [5, 5.41) is 3.39. The molecule has 0 radical (unpaired) electrons. The van der Waals surface area contributed by atoms with E-state index in [9.17, 15) is 0 Å². The summed E-state index contributed by atoms with van der Waals surface area (Å²) in [6.07, 6.45) is 4.78. The molecule has 2 heteroatoms. The maximum atomic E-state index is 4.06. The van der Waals surface area contributed by atoms with Gasteiger partial charge in [0.25, 0.3) is 0 Å². The van der Waals surface area contributed by atoms with Crippen molar-refractivity contribution in [2.24, 2.45) is 0 Å². The van der Waals surface area contributed by atoms with Gasteiger partial charge in [-0.3, -0.25) is 4.98 Å². The lowest BCUT2D eigenvalue weighted by Gasteiger charge is -2.06. The molecule has 14 heavy (non-hydrogen) atoms. The minimum absolute atomic E-state index is 0.918. The maximum absolute atomic E-state index is 4.06. The Morgan fingerprint density at radius 1 is 1.57 bits per heavy atom. The van der Waals surface area contributed by atoms with Crippen LogP contribution in [0.25, 0.3) is 0 Å². The van der Waals surface area contributed by atoms with Crippen molar-refractivity contribution >= 4 is 0 Å². The Labute approximate surface area is 86.1 Å². The third-order valence-corrected chi connectivity index (χ3v) is 2.18. The van der Waals surface area contributed by atoms with E-state index in [-0.39, 0.29) is 0 Å². The zero-order chi connectivity index (χ0) is 10.4. The van der Waals surface area contributed by atoms with Gasteiger partial charge < -0.3 is 5.32 Å². The number of aryl methyl sites for hydroxylation is 1. The van der Waals surface area contributed by atoms with E-state index in [1.165, 1.54) is 16.7 Å². The lowest BCUT2D eigenvalue weighted by atomic mass is 10.1. The van der Waals surface area contributed by atoms with Gasteiger partial charge in [-0.1, -0.05) is 5.57 Å². The Kier molecular flexibility index (Phi) is 4.33. The summed E-state index contributed by atoms with van der Waals surface area (Å²) in [6.45, 7) is 9.92. The van der Waals surface area contributed by atoms with Gasteiger partial charge in [0, 0.05) is 18.9 Å². The van der Waals surface area contributed by atoms with Crippen LogP contribution in [0.4, 0.5) is 0 Å². The highest BCUT2D eigenvalue weighted by Gasteiger charge is 1.96. The van der Waals surface area contributed by atoms with Crippen molar-refractivity contribution in [2.45, 2.75) is 26.8 Å². The molecule has 76 valence electrons. The second-order valence-electron chi connectivity index (χ2n) is 3.69. The highest BCUT2D eigenvalue weighted by atomic mass is 14.8. The Morgan fingerprint density at radius 2 is 2.36 bits per heavy atom. The van der Waals surface area contributed by atoms with Crippen molar-refractivity contribution in [3.8, 4) is 0 Å². The predicted octanol–water partition coefficient (Wildman–Crippen LogP) is 2.45. The SMILES string of the molecule is C=C(C)CCNCc1ccncc1C. The highest BCUT2D eigenvalue weighted by Crippen LogP contribution is 2.04. The summed E-state index contributed by atoms with van der Waals surface area (Å²) >= 11 is 0. The third-order valence-electron chi connectivity index (χ3n) is 2.18. The average molecular weight is 190 g/mol.